The molecule has 3 aliphatic rings. The number of imide groups is 1. The van der Waals surface area contributed by atoms with Crippen molar-refractivity contribution in [1.82, 2.24) is 0 Å². The standard InChI is InChI=1S/C21H18ClNO3/c22-14-3-7-16(8-4-14)26-17-9-5-15(6-10-17)23-20(24)18-12-1-2-13(11-12)19(18)21(23)25/h3-10,12-13,18-19H,1-2,11H2/t12-,13+,18-,19-/m0/s1. The third-order valence-corrected chi connectivity index (χ3v) is 6.32. The highest BCUT2D eigenvalue weighted by Crippen LogP contribution is 2.56. The summed E-state index contributed by atoms with van der Waals surface area (Å²) in [5, 5.41) is 0.651. The van der Waals surface area contributed by atoms with Crippen molar-refractivity contribution in [2.24, 2.45) is 23.7 Å². The lowest BCUT2D eigenvalue weighted by atomic mass is 9.81. The average molecular weight is 368 g/mol. The molecule has 2 aromatic rings. The zero-order valence-electron chi connectivity index (χ0n) is 14.1. The van der Waals surface area contributed by atoms with Crippen LogP contribution < -0.4 is 9.64 Å². The van der Waals surface area contributed by atoms with Gasteiger partial charge < -0.3 is 4.74 Å². The number of rotatable bonds is 3. The van der Waals surface area contributed by atoms with Gasteiger partial charge in [0.05, 0.1) is 17.5 Å². The number of fused-ring (bicyclic) bond motifs is 5. The summed E-state index contributed by atoms with van der Waals surface area (Å²) in [4.78, 5) is 27.1. The monoisotopic (exact) mass is 367 g/mol. The maximum Gasteiger partial charge on any atom is 0.237 e. The van der Waals surface area contributed by atoms with Gasteiger partial charge in [-0.3, -0.25) is 14.5 Å². The van der Waals surface area contributed by atoms with E-state index < -0.39 is 0 Å². The molecule has 1 aliphatic heterocycles. The zero-order chi connectivity index (χ0) is 17.8. The molecule has 3 fully saturated rings. The van der Waals surface area contributed by atoms with Gasteiger partial charge in [-0.15, -0.1) is 0 Å². The predicted molar refractivity (Wildman–Crippen MR) is 98.3 cm³/mol. The van der Waals surface area contributed by atoms with Crippen LogP contribution in [0, 0.1) is 23.7 Å². The zero-order valence-corrected chi connectivity index (χ0v) is 14.9. The molecule has 2 saturated carbocycles. The molecule has 4 nitrogen and oxygen atoms in total. The number of halogens is 1. The summed E-state index contributed by atoms with van der Waals surface area (Å²) in [5.41, 5.74) is 0.636. The first-order valence-electron chi connectivity index (χ1n) is 9.03. The van der Waals surface area contributed by atoms with Crippen LogP contribution in [0.25, 0.3) is 0 Å². The van der Waals surface area contributed by atoms with Gasteiger partial charge >= 0.3 is 0 Å². The fourth-order valence-electron chi connectivity index (χ4n) is 4.97. The van der Waals surface area contributed by atoms with Crippen LogP contribution in [0.1, 0.15) is 19.3 Å². The van der Waals surface area contributed by atoms with Gasteiger partial charge in [-0.1, -0.05) is 11.6 Å². The smallest absolute Gasteiger partial charge is 0.237 e. The van der Waals surface area contributed by atoms with Crippen LogP contribution >= 0.6 is 11.6 Å². The van der Waals surface area contributed by atoms with E-state index in [2.05, 4.69) is 0 Å². The van der Waals surface area contributed by atoms with Gasteiger partial charge in [-0.25, -0.2) is 0 Å². The molecule has 2 bridgehead atoms. The van der Waals surface area contributed by atoms with E-state index in [1.54, 1.807) is 48.5 Å². The number of ether oxygens (including phenoxy) is 1. The summed E-state index contributed by atoms with van der Waals surface area (Å²) in [6.07, 6.45) is 3.23. The summed E-state index contributed by atoms with van der Waals surface area (Å²) < 4.78 is 5.78. The molecule has 1 saturated heterocycles. The highest BCUT2D eigenvalue weighted by Gasteiger charge is 2.61. The van der Waals surface area contributed by atoms with Crippen LogP contribution in [0.4, 0.5) is 5.69 Å². The SMILES string of the molecule is O=C1[C@H]2[C@@H]3CC[C@@H](C3)[C@@H]2C(=O)N1c1ccc(Oc2ccc(Cl)cc2)cc1. The molecule has 4 atom stereocenters. The molecule has 2 amide bonds. The van der Waals surface area contributed by atoms with Crippen molar-refractivity contribution in [1.29, 1.82) is 0 Å². The Morgan fingerprint density at radius 1 is 0.808 bits per heavy atom. The van der Waals surface area contributed by atoms with Crippen LogP contribution in [0.5, 0.6) is 11.5 Å². The third-order valence-electron chi connectivity index (χ3n) is 6.07. The second-order valence-corrected chi connectivity index (χ2v) is 7.88. The third kappa shape index (κ3) is 2.36. The van der Waals surface area contributed by atoms with Gasteiger partial charge in [0.25, 0.3) is 0 Å². The molecule has 26 heavy (non-hydrogen) atoms. The topological polar surface area (TPSA) is 46.6 Å². The Balaban J connectivity index is 1.37. The van der Waals surface area contributed by atoms with Crippen molar-refractivity contribution in [3.05, 3.63) is 53.6 Å². The van der Waals surface area contributed by atoms with Crippen molar-refractivity contribution in [2.75, 3.05) is 4.90 Å². The fourth-order valence-corrected chi connectivity index (χ4v) is 5.09. The van der Waals surface area contributed by atoms with Crippen molar-refractivity contribution < 1.29 is 14.3 Å². The van der Waals surface area contributed by atoms with Crippen LogP contribution in [0.3, 0.4) is 0 Å². The average Bonchev–Trinajstić information content (AvgIpc) is 3.32. The minimum absolute atomic E-state index is 0.0152. The molecule has 5 heteroatoms. The second-order valence-electron chi connectivity index (χ2n) is 7.45. The second kappa shape index (κ2) is 5.85. The van der Waals surface area contributed by atoms with E-state index in [0.29, 0.717) is 34.0 Å². The highest BCUT2D eigenvalue weighted by atomic mass is 35.5. The molecule has 0 radical (unpaired) electrons. The molecule has 0 N–H and O–H groups in total. The first-order valence-corrected chi connectivity index (χ1v) is 9.41. The number of nitrogens with zero attached hydrogens (tertiary/aromatic N) is 1. The predicted octanol–water partition coefficient (Wildman–Crippen LogP) is 4.67. The van der Waals surface area contributed by atoms with Gasteiger partial charge in [0.2, 0.25) is 11.8 Å². The van der Waals surface area contributed by atoms with Crippen LogP contribution in [-0.4, -0.2) is 11.8 Å². The Morgan fingerprint density at radius 3 is 1.85 bits per heavy atom. The Bertz CT molecular complexity index is 849. The van der Waals surface area contributed by atoms with Crippen molar-refractivity contribution in [2.45, 2.75) is 19.3 Å². The maximum absolute atomic E-state index is 12.9. The molecule has 132 valence electrons. The Labute approximate surface area is 156 Å². The van der Waals surface area contributed by atoms with Crippen molar-refractivity contribution in [3.8, 4) is 11.5 Å². The molecule has 1 heterocycles. The summed E-state index contributed by atoms with van der Waals surface area (Å²) in [5.74, 6) is 1.92. The molecule has 0 unspecified atom stereocenters. The summed E-state index contributed by atoms with van der Waals surface area (Å²) in [7, 11) is 0. The number of carbonyl (C=O) groups is 2. The van der Waals surface area contributed by atoms with Gasteiger partial charge in [0.1, 0.15) is 11.5 Å². The van der Waals surface area contributed by atoms with Gasteiger partial charge in [0, 0.05) is 5.02 Å². The van der Waals surface area contributed by atoms with E-state index in [1.165, 1.54) is 4.90 Å². The number of carbonyl (C=O) groups excluding carboxylic acids is 2. The van der Waals surface area contributed by atoms with E-state index in [1.807, 2.05) is 0 Å². The molecule has 5 rings (SSSR count). The fraction of sp³-hybridized carbons (Fsp3) is 0.333. The number of amides is 2. The first-order chi connectivity index (χ1) is 12.6. The normalized spacial score (nSPS) is 29.3. The maximum atomic E-state index is 12.9. The number of benzene rings is 2. The Morgan fingerprint density at radius 2 is 1.31 bits per heavy atom. The Hall–Kier alpha value is -2.33. The van der Waals surface area contributed by atoms with E-state index >= 15 is 0 Å². The van der Waals surface area contributed by atoms with Crippen LogP contribution in [0.15, 0.2) is 48.5 Å². The van der Waals surface area contributed by atoms with Crippen molar-refractivity contribution in [3.63, 3.8) is 0 Å². The first kappa shape index (κ1) is 15.9. The summed E-state index contributed by atoms with van der Waals surface area (Å²) in [6, 6.07) is 14.2. The summed E-state index contributed by atoms with van der Waals surface area (Å²) in [6.45, 7) is 0. The van der Waals surface area contributed by atoms with E-state index in [-0.39, 0.29) is 23.7 Å². The lowest BCUT2D eigenvalue weighted by molar-refractivity contribution is -0.123. The number of hydrogen-bond acceptors (Lipinski definition) is 3. The van der Waals surface area contributed by atoms with Crippen LogP contribution in [-0.2, 0) is 9.59 Å². The summed E-state index contributed by atoms with van der Waals surface area (Å²) >= 11 is 5.88. The molecule has 2 aliphatic carbocycles. The van der Waals surface area contributed by atoms with Crippen LogP contribution in [0.2, 0.25) is 5.02 Å². The highest BCUT2D eigenvalue weighted by molar-refractivity contribution is 6.30. The lowest BCUT2D eigenvalue weighted by Crippen LogP contribution is -2.32. The lowest BCUT2D eigenvalue weighted by Gasteiger charge is -2.19. The molecular formula is C21H18ClNO3. The minimum atomic E-state index is -0.0914. The molecule has 0 spiro atoms. The molecule has 2 aromatic carbocycles. The Kier molecular flexibility index (Phi) is 3.57. The van der Waals surface area contributed by atoms with E-state index in [4.69, 9.17) is 16.3 Å². The van der Waals surface area contributed by atoms with Gasteiger partial charge in [-0.2, -0.15) is 0 Å². The molecule has 0 aromatic heterocycles. The van der Waals surface area contributed by atoms with Gasteiger partial charge in [-0.05, 0) is 79.6 Å². The van der Waals surface area contributed by atoms with E-state index in [0.717, 1.165) is 19.3 Å². The minimum Gasteiger partial charge on any atom is -0.457 e. The number of hydrogen-bond donors (Lipinski definition) is 0. The number of anilines is 1. The molecular weight excluding hydrogens is 350 g/mol. The largest absolute Gasteiger partial charge is 0.457 e. The van der Waals surface area contributed by atoms with Gasteiger partial charge in [0.15, 0.2) is 0 Å². The van der Waals surface area contributed by atoms with E-state index in [9.17, 15) is 9.59 Å². The van der Waals surface area contributed by atoms with Crippen molar-refractivity contribution >= 4 is 29.1 Å². The quantitative estimate of drug-likeness (QED) is 0.741.